The standard InChI is InChI=1S/C29H51N13O8P2/c1-20(14-41-16-34-24-22(41)13-23(30)38-27(24)43)49-18-51(45,46)36-11-5-9-32-7-3-4-8-33-10-6-12-37-52(47,48)19-50-21(2)15-42-17-35-25-26(42)39-29(31)40-28(25)44/h13,16-17,20-21,32-33H,3-12,14-15,18-19H2,1-2H3,(H3,30,38,43)(H2,36,45,46)(H2,37,47,48)(H3,31,39,40,44). The van der Waals surface area contributed by atoms with Crippen molar-refractivity contribution < 1.29 is 28.4 Å². The largest absolute Gasteiger partial charge is 0.385 e. The minimum Gasteiger partial charge on any atom is -0.385 e. The monoisotopic (exact) mass is 771 g/mol. The number of nitrogens with two attached hydrogens (primary N) is 2. The molecule has 4 unspecified atom stereocenters. The number of pyridine rings is 1. The third kappa shape index (κ3) is 13.2. The lowest BCUT2D eigenvalue weighted by Gasteiger charge is -2.18. The van der Waals surface area contributed by atoms with Crippen molar-refractivity contribution >= 4 is 49.0 Å². The zero-order valence-corrected chi connectivity index (χ0v) is 31.2. The first-order valence-corrected chi connectivity index (χ1v) is 20.7. The van der Waals surface area contributed by atoms with E-state index in [1.54, 1.807) is 29.0 Å². The second-order valence-corrected chi connectivity index (χ2v) is 16.5. The Bertz CT molecular complexity index is 1810. The van der Waals surface area contributed by atoms with E-state index in [-0.39, 0.29) is 47.6 Å². The number of anilines is 2. The van der Waals surface area contributed by atoms with Crippen LogP contribution in [0.5, 0.6) is 0 Å². The van der Waals surface area contributed by atoms with Gasteiger partial charge in [-0.1, -0.05) is 0 Å². The lowest BCUT2D eigenvalue weighted by molar-refractivity contribution is 0.0816. The highest BCUT2D eigenvalue weighted by Crippen LogP contribution is 2.36. The van der Waals surface area contributed by atoms with Gasteiger partial charge in [0.05, 0.1) is 43.5 Å². The number of hydrogen-bond acceptors (Lipinski definition) is 13. The Labute approximate surface area is 299 Å². The number of unbranched alkanes of at least 4 members (excludes halogenated alkanes) is 1. The summed E-state index contributed by atoms with van der Waals surface area (Å²) < 4.78 is 39.5. The minimum absolute atomic E-state index is 0.0267. The molecule has 0 radical (unpaired) electrons. The molecule has 4 rings (SSSR count). The zero-order valence-electron chi connectivity index (χ0n) is 29.4. The third-order valence-electron chi connectivity index (χ3n) is 7.85. The van der Waals surface area contributed by atoms with Crippen molar-refractivity contribution in [2.75, 3.05) is 63.4 Å². The van der Waals surface area contributed by atoms with Crippen LogP contribution < -0.4 is 43.4 Å². The second-order valence-electron chi connectivity index (χ2n) is 12.6. The topological polar surface area (TPSA) is 307 Å². The molecular weight excluding hydrogens is 720 g/mol. The van der Waals surface area contributed by atoms with Gasteiger partial charge < -0.3 is 55.5 Å². The van der Waals surface area contributed by atoms with Gasteiger partial charge in [-0.2, -0.15) is 4.98 Å². The molecule has 0 aromatic carbocycles. The lowest BCUT2D eigenvalue weighted by Crippen LogP contribution is -2.25. The summed E-state index contributed by atoms with van der Waals surface area (Å²) in [6.45, 7) is 7.81. The van der Waals surface area contributed by atoms with Gasteiger partial charge in [-0.25, -0.2) is 20.1 Å². The highest BCUT2D eigenvalue weighted by molar-refractivity contribution is 7.55. The molecule has 0 saturated carbocycles. The van der Waals surface area contributed by atoms with Crippen molar-refractivity contribution in [3.8, 4) is 0 Å². The maximum atomic E-state index is 12.5. The molecule has 52 heavy (non-hydrogen) atoms. The molecule has 12 N–H and O–H groups in total. The summed E-state index contributed by atoms with van der Waals surface area (Å²) in [4.78, 5) is 61.5. The van der Waals surface area contributed by atoms with Gasteiger partial charge in [0.1, 0.15) is 18.5 Å². The van der Waals surface area contributed by atoms with Crippen LogP contribution in [0.2, 0.25) is 0 Å². The fourth-order valence-electron chi connectivity index (χ4n) is 5.23. The number of nitrogen functional groups attached to an aromatic ring is 2. The van der Waals surface area contributed by atoms with Crippen molar-refractivity contribution in [2.45, 2.75) is 64.8 Å². The number of fused-ring (bicyclic) bond motifs is 2. The molecule has 0 aliphatic heterocycles. The van der Waals surface area contributed by atoms with E-state index in [2.05, 4.69) is 45.7 Å². The van der Waals surface area contributed by atoms with Crippen molar-refractivity contribution in [3.05, 3.63) is 39.4 Å². The van der Waals surface area contributed by atoms with Crippen molar-refractivity contribution in [3.63, 3.8) is 0 Å². The first kappa shape index (κ1) is 41.3. The lowest BCUT2D eigenvalue weighted by atomic mass is 10.3. The summed E-state index contributed by atoms with van der Waals surface area (Å²) in [7, 11) is -7.38. The highest BCUT2D eigenvalue weighted by atomic mass is 31.2. The van der Waals surface area contributed by atoms with E-state index in [9.17, 15) is 28.5 Å². The van der Waals surface area contributed by atoms with E-state index in [0.717, 1.165) is 25.9 Å². The Kier molecular flexibility index (Phi) is 15.5. The first-order valence-electron chi connectivity index (χ1n) is 17.1. The van der Waals surface area contributed by atoms with Gasteiger partial charge in [-0.3, -0.25) is 23.7 Å². The Morgan fingerprint density at radius 3 is 1.87 bits per heavy atom. The minimum atomic E-state index is -3.70. The van der Waals surface area contributed by atoms with Gasteiger partial charge in [-0.05, 0) is 65.7 Å². The third-order valence-corrected chi connectivity index (χ3v) is 10.3. The number of rotatable bonds is 25. The molecule has 4 aromatic rings. The van der Waals surface area contributed by atoms with E-state index in [4.69, 9.17) is 20.9 Å². The smallest absolute Gasteiger partial charge is 0.292 e. The Morgan fingerprint density at radius 1 is 0.769 bits per heavy atom. The Balaban J connectivity index is 0.951. The normalized spacial score (nSPS) is 15.5. The predicted molar refractivity (Wildman–Crippen MR) is 198 cm³/mol. The molecule has 0 spiro atoms. The van der Waals surface area contributed by atoms with Crippen molar-refractivity contribution in [1.82, 2.24) is 54.9 Å². The number of imidazole rings is 2. The molecule has 4 heterocycles. The van der Waals surface area contributed by atoms with Gasteiger partial charge >= 0.3 is 0 Å². The maximum Gasteiger partial charge on any atom is 0.292 e. The van der Waals surface area contributed by atoms with Crippen LogP contribution in [0.25, 0.3) is 22.2 Å². The first-order chi connectivity index (χ1) is 24.7. The van der Waals surface area contributed by atoms with Gasteiger partial charge in [0.15, 0.2) is 16.7 Å². The van der Waals surface area contributed by atoms with Crippen LogP contribution >= 0.6 is 15.0 Å². The number of aromatic nitrogens is 7. The van der Waals surface area contributed by atoms with Crippen LogP contribution in [-0.4, -0.2) is 108 Å². The van der Waals surface area contributed by atoms with Gasteiger partial charge in [0.2, 0.25) is 5.95 Å². The number of ether oxygens (including phenoxy) is 2. The van der Waals surface area contributed by atoms with Gasteiger partial charge in [0, 0.05) is 19.2 Å². The molecule has 290 valence electrons. The van der Waals surface area contributed by atoms with Crippen LogP contribution in [-0.2, 0) is 31.7 Å². The number of H-pyrrole nitrogens is 2. The highest BCUT2D eigenvalue weighted by Gasteiger charge is 2.21. The van der Waals surface area contributed by atoms with E-state index in [0.29, 0.717) is 56.7 Å². The summed E-state index contributed by atoms with van der Waals surface area (Å²) in [5.41, 5.74) is 11.8. The average Bonchev–Trinajstić information content (AvgIpc) is 3.67. The number of nitrogens with zero attached hydrogens (tertiary/aromatic N) is 5. The fraction of sp³-hybridized carbons (Fsp3) is 0.621. The molecule has 0 aliphatic rings. The molecule has 4 atom stereocenters. The summed E-state index contributed by atoms with van der Waals surface area (Å²) in [5, 5.41) is 12.0. The summed E-state index contributed by atoms with van der Waals surface area (Å²) >= 11 is 0. The van der Waals surface area contributed by atoms with Crippen LogP contribution in [0.15, 0.2) is 28.3 Å². The molecular formula is C29H51N13O8P2. The summed E-state index contributed by atoms with van der Waals surface area (Å²) in [6.07, 6.45) is 4.61. The molecule has 4 aromatic heterocycles. The van der Waals surface area contributed by atoms with Crippen molar-refractivity contribution in [1.29, 1.82) is 0 Å². The molecule has 0 fully saturated rings. The maximum absolute atomic E-state index is 12.5. The van der Waals surface area contributed by atoms with Gasteiger partial charge in [0.25, 0.3) is 26.2 Å². The number of nitrogens with one attached hydrogen (secondary N) is 6. The van der Waals surface area contributed by atoms with E-state index in [1.165, 1.54) is 12.7 Å². The molecule has 0 bridgehead atoms. The Hall–Kier alpha value is -3.49. The summed E-state index contributed by atoms with van der Waals surface area (Å²) in [6, 6.07) is 1.61. The SMILES string of the molecule is CC(Cn1cnc2c(=O)[nH]c(N)cc21)OCP(=O)(O)NCCCNCCCCNCCCNP(=O)(O)COC(C)Cn1cnc2c(=O)[nH]c(N)nc21. The van der Waals surface area contributed by atoms with Crippen LogP contribution in [0.3, 0.4) is 0 Å². The molecule has 0 aliphatic carbocycles. The van der Waals surface area contributed by atoms with Crippen LogP contribution in [0, 0.1) is 0 Å². The molecule has 0 amide bonds. The van der Waals surface area contributed by atoms with Crippen LogP contribution in [0.4, 0.5) is 11.8 Å². The number of hydrogen-bond donors (Lipinski definition) is 10. The molecule has 21 nitrogen and oxygen atoms in total. The van der Waals surface area contributed by atoms with E-state index in [1.807, 2.05) is 0 Å². The number of aromatic amines is 2. The van der Waals surface area contributed by atoms with E-state index < -0.39 is 32.8 Å². The average molecular weight is 772 g/mol. The second kappa shape index (κ2) is 19.5. The van der Waals surface area contributed by atoms with Crippen molar-refractivity contribution in [2.24, 2.45) is 0 Å². The van der Waals surface area contributed by atoms with Gasteiger partial charge in [-0.15, -0.1) is 0 Å². The van der Waals surface area contributed by atoms with Crippen LogP contribution in [0.1, 0.15) is 39.5 Å². The van der Waals surface area contributed by atoms with E-state index >= 15 is 0 Å². The summed E-state index contributed by atoms with van der Waals surface area (Å²) in [5.74, 6) is 0.196. The fourth-order valence-corrected chi connectivity index (χ4v) is 7.34. The quantitative estimate of drug-likeness (QED) is 0.0314. The molecule has 23 heteroatoms. The predicted octanol–water partition coefficient (Wildman–Crippen LogP) is 0.0370. The Morgan fingerprint density at radius 2 is 1.27 bits per heavy atom. The molecule has 0 saturated heterocycles. The zero-order chi connectivity index (χ0) is 37.7.